The minimum Gasteiger partial charge on any atom is -0.231 e. The van der Waals surface area contributed by atoms with Crippen molar-refractivity contribution in [3.63, 3.8) is 0 Å². The SMILES string of the molecule is Cc1cccc(CC2=NN(c3ncccn3)CC2)c1. The summed E-state index contributed by atoms with van der Waals surface area (Å²) in [6.07, 6.45) is 5.38. The lowest BCUT2D eigenvalue weighted by Gasteiger charge is -2.09. The van der Waals surface area contributed by atoms with Crippen LogP contribution in [-0.2, 0) is 6.42 Å². The number of benzene rings is 1. The molecular weight excluding hydrogens is 236 g/mol. The first kappa shape index (κ1) is 11.8. The van der Waals surface area contributed by atoms with Gasteiger partial charge in [0.15, 0.2) is 0 Å². The van der Waals surface area contributed by atoms with Gasteiger partial charge in [0.05, 0.1) is 6.54 Å². The van der Waals surface area contributed by atoms with Gasteiger partial charge in [-0.1, -0.05) is 29.8 Å². The maximum Gasteiger partial charge on any atom is 0.246 e. The average Bonchev–Trinajstić information content (AvgIpc) is 2.88. The van der Waals surface area contributed by atoms with Gasteiger partial charge in [-0.3, -0.25) is 0 Å². The summed E-state index contributed by atoms with van der Waals surface area (Å²) >= 11 is 0. The summed E-state index contributed by atoms with van der Waals surface area (Å²) in [4.78, 5) is 8.45. The normalized spacial score (nSPS) is 14.6. The largest absolute Gasteiger partial charge is 0.246 e. The quantitative estimate of drug-likeness (QED) is 0.843. The van der Waals surface area contributed by atoms with Crippen LogP contribution in [0.25, 0.3) is 0 Å². The zero-order valence-electron chi connectivity index (χ0n) is 11.0. The van der Waals surface area contributed by atoms with Gasteiger partial charge in [0, 0.05) is 30.9 Å². The zero-order chi connectivity index (χ0) is 13.1. The van der Waals surface area contributed by atoms with Gasteiger partial charge in [0.2, 0.25) is 5.95 Å². The molecule has 0 radical (unpaired) electrons. The summed E-state index contributed by atoms with van der Waals surface area (Å²) in [6.45, 7) is 2.98. The summed E-state index contributed by atoms with van der Waals surface area (Å²) in [5, 5.41) is 6.49. The molecule has 0 amide bonds. The highest BCUT2D eigenvalue weighted by Gasteiger charge is 2.17. The Hall–Kier alpha value is -2.23. The van der Waals surface area contributed by atoms with Crippen molar-refractivity contribution < 1.29 is 0 Å². The van der Waals surface area contributed by atoms with Gasteiger partial charge < -0.3 is 0 Å². The molecule has 2 heterocycles. The van der Waals surface area contributed by atoms with Crippen molar-refractivity contribution in [3.05, 3.63) is 53.9 Å². The monoisotopic (exact) mass is 252 g/mol. The van der Waals surface area contributed by atoms with Crippen molar-refractivity contribution in [1.82, 2.24) is 9.97 Å². The average molecular weight is 252 g/mol. The molecule has 1 aromatic heterocycles. The van der Waals surface area contributed by atoms with Crippen molar-refractivity contribution in [1.29, 1.82) is 0 Å². The minimum absolute atomic E-state index is 0.682. The fourth-order valence-electron chi connectivity index (χ4n) is 2.26. The molecule has 0 unspecified atom stereocenters. The molecule has 3 rings (SSSR count). The molecule has 0 saturated heterocycles. The highest BCUT2D eigenvalue weighted by atomic mass is 15.5. The van der Waals surface area contributed by atoms with E-state index in [0.29, 0.717) is 5.95 Å². The third-order valence-corrected chi connectivity index (χ3v) is 3.15. The Balaban J connectivity index is 1.74. The maximum atomic E-state index is 4.61. The molecule has 0 bridgehead atoms. The molecule has 0 aliphatic carbocycles. The van der Waals surface area contributed by atoms with Crippen LogP contribution >= 0.6 is 0 Å². The second-order valence-electron chi connectivity index (χ2n) is 4.75. The molecule has 0 N–H and O–H groups in total. The van der Waals surface area contributed by atoms with Crippen molar-refractivity contribution in [2.24, 2.45) is 5.10 Å². The zero-order valence-corrected chi connectivity index (χ0v) is 11.0. The molecule has 0 atom stereocenters. The summed E-state index contributed by atoms with van der Waals surface area (Å²) in [6, 6.07) is 10.4. The molecule has 0 spiro atoms. The number of nitrogens with zero attached hydrogens (tertiary/aromatic N) is 4. The van der Waals surface area contributed by atoms with E-state index in [1.165, 1.54) is 16.8 Å². The molecule has 0 fully saturated rings. The third-order valence-electron chi connectivity index (χ3n) is 3.15. The number of hydrogen-bond acceptors (Lipinski definition) is 4. The third kappa shape index (κ3) is 2.78. The first-order chi connectivity index (χ1) is 9.31. The smallest absolute Gasteiger partial charge is 0.231 e. The van der Waals surface area contributed by atoms with Crippen molar-refractivity contribution in [2.75, 3.05) is 11.6 Å². The number of aryl methyl sites for hydroxylation is 1. The Morgan fingerprint density at radius 1 is 1.16 bits per heavy atom. The Morgan fingerprint density at radius 2 is 2.00 bits per heavy atom. The van der Waals surface area contributed by atoms with Gasteiger partial charge in [0.1, 0.15) is 0 Å². The summed E-state index contributed by atoms with van der Waals surface area (Å²) in [5.41, 5.74) is 3.80. The van der Waals surface area contributed by atoms with Crippen LogP contribution < -0.4 is 5.01 Å². The van der Waals surface area contributed by atoms with Crippen LogP contribution in [0.15, 0.2) is 47.8 Å². The van der Waals surface area contributed by atoms with Crippen LogP contribution in [0.3, 0.4) is 0 Å². The van der Waals surface area contributed by atoms with Crippen LogP contribution in [0, 0.1) is 6.92 Å². The van der Waals surface area contributed by atoms with Crippen molar-refractivity contribution >= 4 is 11.7 Å². The number of hydrogen-bond donors (Lipinski definition) is 0. The van der Waals surface area contributed by atoms with E-state index in [1.807, 2.05) is 11.1 Å². The van der Waals surface area contributed by atoms with Crippen molar-refractivity contribution in [3.8, 4) is 0 Å². The lowest BCUT2D eigenvalue weighted by atomic mass is 10.0. The molecule has 1 aromatic carbocycles. The molecule has 1 aliphatic heterocycles. The van der Waals surface area contributed by atoms with Gasteiger partial charge in [-0.05, 0) is 18.6 Å². The van der Waals surface area contributed by atoms with Crippen molar-refractivity contribution in [2.45, 2.75) is 19.8 Å². The number of hydrazone groups is 1. The predicted molar refractivity (Wildman–Crippen MR) is 76.3 cm³/mol. The summed E-state index contributed by atoms with van der Waals surface area (Å²) in [5.74, 6) is 0.682. The van der Waals surface area contributed by atoms with E-state index >= 15 is 0 Å². The molecular formula is C15H16N4. The van der Waals surface area contributed by atoms with E-state index in [-0.39, 0.29) is 0 Å². The van der Waals surface area contributed by atoms with E-state index in [0.717, 1.165) is 19.4 Å². The molecule has 4 nitrogen and oxygen atoms in total. The molecule has 4 heteroatoms. The van der Waals surface area contributed by atoms with Gasteiger partial charge in [0.25, 0.3) is 0 Å². The van der Waals surface area contributed by atoms with E-state index < -0.39 is 0 Å². The Bertz CT molecular complexity index is 592. The van der Waals surface area contributed by atoms with Crippen LogP contribution in [0.2, 0.25) is 0 Å². The minimum atomic E-state index is 0.682. The highest BCUT2D eigenvalue weighted by molar-refractivity contribution is 5.89. The maximum absolute atomic E-state index is 4.61. The Kier molecular flexibility index (Phi) is 3.23. The van der Waals surface area contributed by atoms with Gasteiger partial charge in [-0.25, -0.2) is 15.0 Å². The molecule has 96 valence electrons. The van der Waals surface area contributed by atoms with E-state index in [1.54, 1.807) is 12.4 Å². The molecule has 0 saturated carbocycles. The predicted octanol–water partition coefficient (Wildman–Crippen LogP) is 2.59. The second kappa shape index (κ2) is 5.18. The number of aromatic nitrogens is 2. The van der Waals surface area contributed by atoms with Crippen LogP contribution in [0.1, 0.15) is 17.5 Å². The van der Waals surface area contributed by atoms with Gasteiger partial charge >= 0.3 is 0 Å². The van der Waals surface area contributed by atoms with Crippen LogP contribution in [0.4, 0.5) is 5.95 Å². The Morgan fingerprint density at radius 3 is 2.79 bits per heavy atom. The fourth-order valence-corrected chi connectivity index (χ4v) is 2.26. The topological polar surface area (TPSA) is 41.4 Å². The fraction of sp³-hybridized carbons (Fsp3) is 0.267. The first-order valence-corrected chi connectivity index (χ1v) is 6.48. The summed E-state index contributed by atoms with van der Waals surface area (Å²) in [7, 11) is 0. The van der Waals surface area contributed by atoms with Gasteiger partial charge in [-0.15, -0.1) is 0 Å². The lowest BCUT2D eigenvalue weighted by molar-refractivity contribution is 0.864. The Labute approximate surface area is 112 Å². The molecule has 19 heavy (non-hydrogen) atoms. The summed E-state index contributed by atoms with van der Waals surface area (Å²) < 4.78 is 0. The number of anilines is 1. The first-order valence-electron chi connectivity index (χ1n) is 6.48. The van der Waals surface area contributed by atoms with E-state index in [9.17, 15) is 0 Å². The lowest BCUT2D eigenvalue weighted by Crippen LogP contribution is -2.14. The van der Waals surface area contributed by atoms with Gasteiger partial charge in [-0.2, -0.15) is 5.10 Å². The highest BCUT2D eigenvalue weighted by Crippen LogP contribution is 2.16. The standard InChI is InChI=1S/C15H16N4/c1-12-4-2-5-13(10-12)11-14-6-9-19(18-14)15-16-7-3-8-17-15/h2-5,7-8,10H,6,9,11H2,1H3. The number of rotatable bonds is 3. The van der Waals surface area contributed by atoms with E-state index in [4.69, 9.17) is 0 Å². The molecule has 2 aromatic rings. The van der Waals surface area contributed by atoms with Crippen LogP contribution in [-0.4, -0.2) is 22.2 Å². The van der Waals surface area contributed by atoms with Crippen LogP contribution in [0.5, 0.6) is 0 Å². The second-order valence-corrected chi connectivity index (χ2v) is 4.75. The van der Waals surface area contributed by atoms with E-state index in [2.05, 4.69) is 46.3 Å². The molecule has 1 aliphatic rings.